The lowest BCUT2D eigenvalue weighted by Gasteiger charge is -2.23. The van der Waals surface area contributed by atoms with Gasteiger partial charge in [0, 0.05) is 10.9 Å². The summed E-state index contributed by atoms with van der Waals surface area (Å²) in [5.74, 6) is -0.993. The minimum Gasteiger partial charge on any atom is -0.207 e. The van der Waals surface area contributed by atoms with Crippen LogP contribution in [-0.4, -0.2) is 5.33 Å². The molecule has 1 unspecified atom stereocenters. The Morgan fingerprint density at radius 2 is 1.93 bits per heavy atom. The van der Waals surface area contributed by atoms with E-state index in [4.69, 9.17) is 0 Å². The summed E-state index contributed by atoms with van der Waals surface area (Å²) in [4.78, 5) is 0. The fraction of sp³-hybridized carbons (Fsp3) is 0.333. The van der Waals surface area contributed by atoms with Crippen molar-refractivity contribution in [1.29, 1.82) is 0 Å². The zero-order valence-electron chi connectivity index (χ0n) is 8.56. The first kappa shape index (κ1) is 12.4. The molecule has 0 aliphatic heterocycles. The highest BCUT2D eigenvalue weighted by Gasteiger charge is 2.23. The van der Waals surface area contributed by atoms with E-state index >= 15 is 0 Å². The van der Waals surface area contributed by atoms with Gasteiger partial charge in [-0.25, -0.2) is 8.78 Å². The minimum atomic E-state index is -0.496. The Labute approximate surface area is 97.1 Å². The highest BCUT2D eigenvalue weighted by atomic mass is 79.9. The van der Waals surface area contributed by atoms with Gasteiger partial charge < -0.3 is 0 Å². The van der Waals surface area contributed by atoms with Crippen LogP contribution in [0.2, 0.25) is 0 Å². The van der Waals surface area contributed by atoms with Gasteiger partial charge in [-0.05, 0) is 24.0 Å². The summed E-state index contributed by atoms with van der Waals surface area (Å²) >= 11 is 3.32. The van der Waals surface area contributed by atoms with E-state index in [1.807, 2.05) is 6.92 Å². The van der Waals surface area contributed by atoms with E-state index in [1.165, 1.54) is 18.2 Å². The second kappa shape index (κ2) is 4.88. The van der Waals surface area contributed by atoms with Crippen LogP contribution in [-0.2, 0) is 6.42 Å². The molecule has 0 aromatic heterocycles. The molecule has 0 amide bonds. The molecule has 0 radical (unpaired) electrons. The Kier molecular flexibility index (Phi) is 4.03. The SMILES string of the molecule is C=CC(C)(CBr)Cc1c(F)cccc1F. The van der Waals surface area contributed by atoms with Crippen LogP contribution in [0.4, 0.5) is 8.78 Å². The molecule has 15 heavy (non-hydrogen) atoms. The summed E-state index contributed by atoms with van der Waals surface area (Å²) in [6.45, 7) is 5.59. The molecule has 1 aromatic carbocycles. The van der Waals surface area contributed by atoms with Crippen molar-refractivity contribution in [2.24, 2.45) is 5.41 Å². The molecule has 3 heteroatoms. The lowest BCUT2D eigenvalue weighted by molar-refractivity contribution is 0.455. The number of benzene rings is 1. The molecule has 82 valence electrons. The first-order chi connectivity index (χ1) is 7.02. The first-order valence-electron chi connectivity index (χ1n) is 4.65. The Balaban J connectivity index is 3.03. The Hall–Kier alpha value is -0.700. The van der Waals surface area contributed by atoms with Crippen molar-refractivity contribution < 1.29 is 8.78 Å². The van der Waals surface area contributed by atoms with Crippen LogP contribution in [0.5, 0.6) is 0 Å². The van der Waals surface area contributed by atoms with Crippen molar-refractivity contribution in [2.75, 3.05) is 5.33 Å². The maximum absolute atomic E-state index is 13.4. The van der Waals surface area contributed by atoms with E-state index in [2.05, 4.69) is 22.5 Å². The molecule has 0 spiro atoms. The molecule has 0 saturated heterocycles. The number of alkyl halides is 1. The van der Waals surface area contributed by atoms with Gasteiger partial charge in [0.15, 0.2) is 0 Å². The number of hydrogen-bond acceptors (Lipinski definition) is 0. The van der Waals surface area contributed by atoms with Crippen LogP contribution in [0.3, 0.4) is 0 Å². The number of allylic oxidation sites excluding steroid dienone is 1. The zero-order chi connectivity index (χ0) is 11.5. The Bertz CT molecular complexity index is 342. The standard InChI is InChI=1S/C12H13BrF2/c1-3-12(2,8-13)7-9-10(14)5-4-6-11(9)15/h3-6H,1,7-8H2,2H3. The van der Waals surface area contributed by atoms with E-state index in [0.717, 1.165) is 0 Å². The van der Waals surface area contributed by atoms with Gasteiger partial charge in [0.05, 0.1) is 0 Å². The second-order valence-electron chi connectivity index (χ2n) is 3.87. The quantitative estimate of drug-likeness (QED) is 0.573. The lowest BCUT2D eigenvalue weighted by atomic mass is 9.85. The third kappa shape index (κ3) is 2.88. The molecule has 0 aliphatic rings. The van der Waals surface area contributed by atoms with Gasteiger partial charge >= 0.3 is 0 Å². The Morgan fingerprint density at radius 3 is 2.33 bits per heavy atom. The molecule has 0 fully saturated rings. The Morgan fingerprint density at radius 1 is 1.40 bits per heavy atom. The fourth-order valence-corrected chi connectivity index (χ4v) is 1.71. The average molecular weight is 275 g/mol. The molecular weight excluding hydrogens is 262 g/mol. The molecule has 1 aromatic rings. The molecular formula is C12H13BrF2. The van der Waals surface area contributed by atoms with Gasteiger partial charge in [-0.2, -0.15) is 0 Å². The molecule has 0 N–H and O–H groups in total. The van der Waals surface area contributed by atoms with Crippen molar-refractivity contribution >= 4 is 15.9 Å². The summed E-state index contributed by atoms with van der Waals surface area (Å²) < 4.78 is 26.7. The number of halogens is 3. The zero-order valence-corrected chi connectivity index (χ0v) is 10.2. The second-order valence-corrected chi connectivity index (χ2v) is 4.43. The summed E-state index contributed by atoms with van der Waals surface area (Å²) in [5.41, 5.74) is -0.206. The topological polar surface area (TPSA) is 0 Å². The summed E-state index contributed by atoms with van der Waals surface area (Å²) in [5, 5.41) is 0.622. The highest BCUT2D eigenvalue weighted by Crippen LogP contribution is 2.28. The molecule has 0 aliphatic carbocycles. The summed E-state index contributed by atoms with van der Waals surface area (Å²) in [6, 6.07) is 3.92. The van der Waals surface area contributed by atoms with E-state index in [0.29, 0.717) is 11.8 Å². The smallest absolute Gasteiger partial charge is 0.129 e. The maximum atomic E-state index is 13.4. The molecule has 0 heterocycles. The third-order valence-corrected chi connectivity index (χ3v) is 3.72. The van der Waals surface area contributed by atoms with Gasteiger partial charge in [0.2, 0.25) is 0 Å². The van der Waals surface area contributed by atoms with E-state index in [1.54, 1.807) is 6.08 Å². The van der Waals surface area contributed by atoms with Crippen molar-refractivity contribution in [2.45, 2.75) is 13.3 Å². The van der Waals surface area contributed by atoms with Crippen LogP contribution in [0.25, 0.3) is 0 Å². The van der Waals surface area contributed by atoms with Crippen LogP contribution in [0.1, 0.15) is 12.5 Å². The van der Waals surface area contributed by atoms with Crippen LogP contribution in [0, 0.1) is 17.0 Å². The van der Waals surface area contributed by atoms with E-state index < -0.39 is 11.6 Å². The highest BCUT2D eigenvalue weighted by molar-refractivity contribution is 9.09. The third-order valence-electron chi connectivity index (χ3n) is 2.44. The van der Waals surface area contributed by atoms with Crippen LogP contribution >= 0.6 is 15.9 Å². The fourth-order valence-electron chi connectivity index (χ4n) is 1.28. The van der Waals surface area contributed by atoms with E-state index in [9.17, 15) is 8.78 Å². The molecule has 0 nitrogen and oxygen atoms in total. The molecule has 0 bridgehead atoms. The predicted molar refractivity (Wildman–Crippen MR) is 62.2 cm³/mol. The van der Waals surface area contributed by atoms with Crippen molar-refractivity contribution in [3.8, 4) is 0 Å². The first-order valence-corrected chi connectivity index (χ1v) is 5.77. The van der Waals surface area contributed by atoms with Gasteiger partial charge in [-0.3, -0.25) is 0 Å². The van der Waals surface area contributed by atoms with Crippen molar-refractivity contribution in [1.82, 2.24) is 0 Å². The van der Waals surface area contributed by atoms with Gasteiger partial charge in [-0.15, -0.1) is 6.58 Å². The van der Waals surface area contributed by atoms with Crippen LogP contribution < -0.4 is 0 Å². The molecule has 0 saturated carbocycles. The summed E-state index contributed by atoms with van der Waals surface area (Å²) in [6.07, 6.45) is 2.02. The van der Waals surface area contributed by atoms with Crippen LogP contribution in [0.15, 0.2) is 30.9 Å². The summed E-state index contributed by atoms with van der Waals surface area (Å²) in [7, 11) is 0. The normalized spacial score (nSPS) is 14.7. The predicted octanol–water partition coefficient (Wildman–Crippen LogP) is 4.09. The molecule has 1 atom stereocenters. The average Bonchev–Trinajstić information content (AvgIpc) is 2.23. The van der Waals surface area contributed by atoms with Crippen molar-refractivity contribution in [3.63, 3.8) is 0 Å². The minimum absolute atomic E-state index is 0.124. The van der Waals surface area contributed by atoms with Gasteiger partial charge in [0.25, 0.3) is 0 Å². The van der Waals surface area contributed by atoms with E-state index in [-0.39, 0.29) is 11.0 Å². The monoisotopic (exact) mass is 274 g/mol. The number of rotatable bonds is 4. The van der Waals surface area contributed by atoms with Gasteiger partial charge in [0.1, 0.15) is 11.6 Å². The number of hydrogen-bond donors (Lipinski definition) is 0. The largest absolute Gasteiger partial charge is 0.207 e. The maximum Gasteiger partial charge on any atom is 0.129 e. The van der Waals surface area contributed by atoms with Crippen molar-refractivity contribution in [3.05, 3.63) is 48.1 Å². The lowest BCUT2D eigenvalue weighted by Crippen LogP contribution is -2.19. The van der Waals surface area contributed by atoms with Gasteiger partial charge in [-0.1, -0.05) is 35.0 Å². The molecule has 1 rings (SSSR count).